The summed E-state index contributed by atoms with van der Waals surface area (Å²) in [6.45, 7) is 6.51. The second-order valence-electron chi connectivity index (χ2n) is 8.99. The summed E-state index contributed by atoms with van der Waals surface area (Å²) < 4.78 is 4.90. The standard InChI is InChI=1S/C18H34O2.C12H22O/c1-3-4-5-6-7-8-9-10-11-12-13-14-15-16-17-20-18(2)19;1-2-3-4-5-6-7-8-9-10-11-12-13/h6-7H,3-5,8-17H2,1-2H3;4-5,12H,2-3,6-11H2,1H3/b7-6-;5-4+. The number of carbonyl (C=O) groups is 2. The van der Waals surface area contributed by atoms with Crippen molar-refractivity contribution in [3.63, 3.8) is 0 Å². The number of unbranched alkanes of at least 4 members (excludes halogenated alkanes) is 16. The van der Waals surface area contributed by atoms with Gasteiger partial charge in [0, 0.05) is 13.3 Å². The molecule has 0 aliphatic heterocycles. The molecule has 194 valence electrons. The zero-order valence-electron chi connectivity index (χ0n) is 22.5. The molecule has 0 aromatic rings. The van der Waals surface area contributed by atoms with Crippen LogP contribution in [-0.2, 0) is 14.3 Å². The minimum atomic E-state index is -0.159. The molecule has 0 saturated heterocycles. The highest BCUT2D eigenvalue weighted by Crippen LogP contribution is 2.10. The van der Waals surface area contributed by atoms with Crippen LogP contribution < -0.4 is 0 Å². The minimum Gasteiger partial charge on any atom is -0.466 e. The zero-order chi connectivity index (χ0) is 24.7. The van der Waals surface area contributed by atoms with Crippen molar-refractivity contribution in [2.45, 2.75) is 149 Å². The van der Waals surface area contributed by atoms with E-state index in [4.69, 9.17) is 4.74 Å². The average Bonchev–Trinajstić information content (AvgIpc) is 2.81. The number of ether oxygens (including phenoxy) is 1. The van der Waals surface area contributed by atoms with Crippen LogP contribution in [0.25, 0.3) is 0 Å². The fraction of sp³-hybridized carbons (Fsp3) is 0.800. The fourth-order valence-electron chi connectivity index (χ4n) is 3.44. The predicted octanol–water partition coefficient (Wildman–Crippen LogP) is 9.69. The summed E-state index contributed by atoms with van der Waals surface area (Å²) >= 11 is 0. The van der Waals surface area contributed by atoms with E-state index in [-0.39, 0.29) is 5.97 Å². The van der Waals surface area contributed by atoms with E-state index >= 15 is 0 Å². The Morgan fingerprint density at radius 1 is 0.545 bits per heavy atom. The van der Waals surface area contributed by atoms with Gasteiger partial charge >= 0.3 is 5.97 Å². The van der Waals surface area contributed by atoms with Gasteiger partial charge in [-0.2, -0.15) is 0 Å². The van der Waals surface area contributed by atoms with E-state index in [0.29, 0.717) is 6.61 Å². The first-order chi connectivity index (χ1) is 16.2. The Hall–Kier alpha value is -1.38. The summed E-state index contributed by atoms with van der Waals surface area (Å²) in [5.74, 6) is -0.159. The summed E-state index contributed by atoms with van der Waals surface area (Å²) in [4.78, 5) is 20.6. The number of rotatable bonds is 23. The summed E-state index contributed by atoms with van der Waals surface area (Å²) in [5, 5.41) is 0. The Balaban J connectivity index is 0. The van der Waals surface area contributed by atoms with Gasteiger partial charge in [0.2, 0.25) is 0 Å². The Labute approximate surface area is 206 Å². The van der Waals surface area contributed by atoms with Gasteiger partial charge in [-0.1, -0.05) is 109 Å². The first kappa shape index (κ1) is 33.8. The second kappa shape index (κ2) is 32.8. The zero-order valence-corrected chi connectivity index (χ0v) is 22.5. The molecule has 0 rings (SSSR count). The molecule has 0 saturated carbocycles. The van der Waals surface area contributed by atoms with Crippen LogP contribution in [0.15, 0.2) is 24.3 Å². The summed E-state index contributed by atoms with van der Waals surface area (Å²) in [5.41, 5.74) is 0. The Morgan fingerprint density at radius 3 is 1.42 bits per heavy atom. The molecule has 0 aliphatic carbocycles. The maximum absolute atomic E-state index is 10.6. The average molecular weight is 465 g/mol. The van der Waals surface area contributed by atoms with Crippen molar-refractivity contribution in [1.29, 1.82) is 0 Å². The van der Waals surface area contributed by atoms with E-state index in [9.17, 15) is 9.59 Å². The van der Waals surface area contributed by atoms with E-state index in [1.807, 2.05) is 0 Å². The molecule has 0 bridgehead atoms. The lowest BCUT2D eigenvalue weighted by Gasteiger charge is -2.02. The molecule has 33 heavy (non-hydrogen) atoms. The number of esters is 1. The molecular weight excluding hydrogens is 408 g/mol. The maximum atomic E-state index is 10.6. The third-order valence-electron chi connectivity index (χ3n) is 5.53. The van der Waals surface area contributed by atoms with Crippen molar-refractivity contribution < 1.29 is 14.3 Å². The van der Waals surface area contributed by atoms with Crippen molar-refractivity contribution >= 4 is 12.3 Å². The van der Waals surface area contributed by atoms with Gasteiger partial charge in [0.05, 0.1) is 6.61 Å². The quantitative estimate of drug-likeness (QED) is 0.0654. The molecular formula is C30H56O3. The third kappa shape index (κ3) is 38.2. The van der Waals surface area contributed by atoms with Gasteiger partial charge in [0.25, 0.3) is 0 Å². The van der Waals surface area contributed by atoms with Gasteiger partial charge in [-0.15, -0.1) is 0 Å². The van der Waals surface area contributed by atoms with E-state index < -0.39 is 0 Å². The van der Waals surface area contributed by atoms with Gasteiger partial charge < -0.3 is 9.53 Å². The minimum absolute atomic E-state index is 0.159. The molecule has 0 atom stereocenters. The molecule has 0 aromatic heterocycles. The van der Waals surface area contributed by atoms with Crippen molar-refractivity contribution in [3.05, 3.63) is 24.3 Å². The number of hydrogen-bond donors (Lipinski definition) is 0. The molecule has 0 unspecified atom stereocenters. The molecule has 0 N–H and O–H groups in total. The molecule has 0 aliphatic rings. The van der Waals surface area contributed by atoms with Crippen molar-refractivity contribution in [2.24, 2.45) is 0 Å². The van der Waals surface area contributed by atoms with Crippen LogP contribution in [-0.4, -0.2) is 18.9 Å². The van der Waals surface area contributed by atoms with Crippen LogP contribution in [0.5, 0.6) is 0 Å². The molecule has 0 fully saturated rings. The first-order valence-electron chi connectivity index (χ1n) is 14.1. The highest BCUT2D eigenvalue weighted by molar-refractivity contribution is 5.65. The van der Waals surface area contributed by atoms with E-state index in [0.717, 1.165) is 25.5 Å². The van der Waals surface area contributed by atoms with Gasteiger partial charge in [-0.3, -0.25) is 4.79 Å². The lowest BCUT2D eigenvalue weighted by molar-refractivity contribution is -0.141. The van der Waals surface area contributed by atoms with Crippen molar-refractivity contribution in [2.75, 3.05) is 6.61 Å². The monoisotopic (exact) mass is 464 g/mol. The summed E-state index contributed by atoms with van der Waals surface area (Å²) in [6.07, 6.45) is 34.9. The Morgan fingerprint density at radius 2 is 0.970 bits per heavy atom. The molecule has 0 radical (unpaired) electrons. The lowest BCUT2D eigenvalue weighted by atomic mass is 10.1. The van der Waals surface area contributed by atoms with E-state index in [1.165, 1.54) is 116 Å². The van der Waals surface area contributed by atoms with Gasteiger partial charge in [0.1, 0.15) is 6.29 Å². The third-order valence-corrected chi connectivity index (χ3v) is 5.53. The Kier molecular flexibility index (Phi) is 33.6. The highest BCUT2D eigenvalue weighted by Gasteiger charge is 1.94. The highest BCUT2D eigenvalue weighted by atomic mass is 16.5. The van der Waals surface area contributed by atoms with Gasteiger partial charge in [0.15, 0.2) is 0 Å². The van der Waals surface area contributed by atoms with Crippen LogP contribution in [0.1, 0.15) is 149 Å². The van der Waals surface area contributed by atoms with Crippen molar-refractivity contribution in [1.82, 2.24) is 0 Å². The van der Waals surface area contributed by atoms with Crippen LogP contribution in [0, 0.1) is 0 Å². The SMILES string of the molecule is CCC/C=C/CCCCCCC=O.CCCC/C=C\CCCCCCCCCCOC(C)=O. The molecule has 0 heterocycles. The summed E-state index contributed by atoms with van der Waals surface area (Å²) in [7, 11) is 0. The Bertz CT molecular complexity index is 440. The van der Waals surface area contributed by atoms with Crippen LogP contribution >= 0.6 is 0 Å². The maximum Gasteiger partial charge on any atom is 0.302 e. The lowest BCUT2D eigenvalue weighted by Crippen LogP contribution is -2.00. The molecule has 0 amide bonds. The number of hydrogen-bond acceptors (Lipinski definition) is 3. The number of allylic oxidation sites excluding steroid dienone is 4. The molecule has 0 spiro atoms. The number of aldehydes is 1. The normalized spacial score (nSPS) is 11.0. The van der Waals surface area contributed by atoms with E-state index in [1.54, 1.807) is 0 Å². The van der Waals surface area contributed by atoms with Crippen LogP contribution in [0.3, 0.4) is 0 Å². The topological polar surface area (TPSA) is 43.4 Å². The van der Waals surface area contributed by atoms with Crippen molar-refractivity contribution in [3.8, 4) is 0 Å². The molecule has 3 nitrogen and oxygen atoms in total. The van der Waals surface area contributed by atoms with Gasteiger partial charge in [-0.05, 0) is 51.4 Å². The second-order valence-corrected chi connectivity index (χ2v) is 8.99. The fourth-order valence-corrected chi connectivity index (χ4v) is 3.44. The summed E-state index contributed by atoms with van der Waals surface area (Å²) in [6, 6.07) is 0. The van der Waals surface area contributed by atoms with Crippen LogP contribution in [0.4, 0.5) is 0 Å². The molecule has 0 aromatic carbocycles. The largest absolute Gasteiger partial charge is 0.466 e. The first-order valence-corrected chi connectivity index (χ1v) is 14.1. The smallest absolute Gasteiger partial charge is 0.302 e. The number of carbonyl (C=O) groups excluding carboxylic acids is 2. The predicted molar refractivity (Wildman–Crippen MR) is 145 cm³/mol. The van der Waals surface area contributed by atoms with E-state index in [2.05, 4.69) is 38.2 Å². The molecule has 3 heteroatoms. The van der Waals surface area contributed by atoms with Gasteiger partial charge in [-0.25, -0.2) is 0 Å². The van der Waals surface area contributed by atoms with Crippen LogP contribution in [0.2, 0.25) is 0 Å².